The largest absolute Gasteiger partial charge is 0.466 e. The topological polar surface area (TPSA) is 43.3 Å². The summed E-state index contributed by atoms with van der Waals surface area (Å²) < 4.78 is 7.18. The second-order valence-electron chi connectivity index (χ2n) is 4.17. The van der Waals surface area contributed by atoms with E-state index in [4.69, 9.17) is 4.74 Å². The molecule has 2 rings (SSSR count). The second-order valence-corrected chi connectivity index (χ2v) is 4.17. The molecule has 1 N–H and O–H groups in total. The molecule has 0 amide bonds. The number of rotatable bonds is 3. The highest BCUT2D eigenvalue weighted by atomic mass is 16.5. The number of esters is 1. The highest BCUT2D eigenvalue weighted by Crippen LogP contribution is 2.28. The van der Waals surface area contributed by atoms with Gasteiger partial charge in [0.2, 0.25) is 0 Å². The third-order valence-corrected chi connectivity index (χ3v) is 3.17. The summed E-state index contributed by atoms with van der Waals surface area (Å²) in [5, 5.41) is 3.26. The summed E-state index contributed by atoms with van der Waals surface area (Å²) >= 11 is 0. The first-order valence-electron chi connectivity index (χ1n) is 5.72. The van der Waals surface area contributed by atoms with Crippen LogP contribution in [-0.4, -0.2) is 30.2 Å². The van der Waals surface area contributed by atoms with Crippen LogP contribution in [0.2, 0.25) is 0 Å². The lowest BCUT2D eigenvalue weighted by molar-refractivity contribution is -0.147. The third-order valence-electron chi connectivity index (χ3n) is 3.17. The van der Waals surface area contributed by atoms with E-state index in [1.807, 2.05) is 26.2 Å². The van der Waals surface area contributed by atoms with Crippen molar-refractivity contribution in [1.29, 1.82) is 0 Å². The molecule has 88 valence electrons. The summed E-state index contributed by atoms with van der Waals surface area (Å²) in [6.07, 6.45) is 2.01. The SMILES string of the molecule is CCOC(=O)C1CNCC1c1cccn1C. The van der Waals surface area contributed by atoms with Gasteiger partial charge in [-0.3, -0.25) is 4.79 Å². The fourth-order valence-electron chi connectivity index (χ4n) is 2.35. The summed E-state index contributed by atoms with van der Waals surface area (Å²) in [7, 11) is 2.01. The van der Waals surface area contributed by atoms with Gasteiger partial charge in [-0.05, 0) is 19.1 Å². The number of carbonyl (C=O) groups excluding carboxylic acids is 1. The predicted molar refractivity (Wildman–Crippen MR) is 61.1 cm³/mol. The predicted octanol–water partition coefficient (Wildman–Crippen LogP) is 0.891. The van der Waals surface area contributed by atoms with Crippen molar-refractivity contribution in [2.24, 2.45) is 13.0 Å². The van der Waals surface area contributed by atoms with Crippen LogP contribution in [-0.2, 0) is 16.6 Å². The monoisotopic (exact) mass is 222 g/mol. The Balaban J connectivity index is 2.15. The highest BCUT2D eigenvalue weighted by molar-refractivity contribution is 5.74. The molecular formula is C12H18N2O2. The Morgan fingerprint density at radius 2 is 2.44 bits per heavy atom. The maximum Gasteiger partial charge on any atom is 0.310 e. The summed E-state index contributed by atoms with van der Waals surface area (Å²) in [6, 6.07) is 4.08. The van der Waals surface area contributed by atoms with Crippen LogP contribution in [0.3, 0.4) is 0 Å². The van der Waals surface area contributed by atoms with Gasteiger partial charge in [0.25, 0.3) is 0 Å². The first-order valence-corrected chi connectivity index (χ1v) is 5.72. The van der Waals surface area contributed by atoms with E-state index in [-0.39, 0.29) is 17.8 Å². The standard InChI is InChI=1S/C12H18N2O2/c1-3-16-12(15)10-8-13-7-9(10)11-5-4-6-14(11)2/h4-6,9-10,13H,3,7-8H2,1-2H3. The van der Waals surface area contributed by atoms with Crippen molar-refractivity contribution in [1.82, 2.24) is 9.88 Å². The van der Waals surface area contributed by atoms with Gasteiger partial charge in [-0.25, -0.2) is 0 Å². The Kier molecular flexibility index (Phi) is 3.29. The van der Waals surface area contributed by atoms with E-state index in [2.05, 4.69) is 16.0 Å². The molecule has 0 spiro atoms. The minimum absolute atomic E-state index is 0.0476. The number of hydrogen-bond donors (Lipinski definition) is 1. The van der Waals surface area contributed by atoms with Crippen molar-refractivity contribution in [3.8, 4) is 0 Å². The number of hydrogen-bond acceptors (Lipinski definition) is 3. The van der Waals surface area contributed by atoms with Gasteiger partial charge in [-0.1, -0.05) is 0 Å². The van der Waals surface area contributed by atoms with Crippen LogP contribution in [0.4, 0.5) is 0 Å². The van der Waals surface area contributed by atoms with Crippen LogP contribution in [0.15, 0.2) is 18.3 Å². The molecule has 16 heavy (non-hydrogen) atoms. The number of nitrogens with one attached hydrogen (secondary N) is 1. The lowest BCUT2D eigenvalue weighted by Gasteiger charge is -2.17. The van der Waals surface area contributed by atoms with Gasteiger partial charge in [0, 0.05) is 37.9 Å². The fraction of sp³-hybridized carbons (Fsp3) is 0.583. The molecule has 0 radical (unpaired) electrons. The lowest BCUT2D eigenvalue weighted by Crippen LogP contribution is -2.25. The number of ether oxygens (including phenoxy) is 1. The molecule has 1 aromatic heterocycles. The average Bonchev–Trinajstić information content (AvgIpc) is 2.85. The van der Waals surface area contributed by atoms with Gasteiger partial charge < -0.3 is 14.6 Å². The zero-order chi connectivity index (χ0) is 11.5. The van der Waals surface area contributed by atoms with E-state index in [9.17, 15) is 4.79 Å². The number of nitrogens with zero attached hydrogens (tertiary/aromatic N) is 1. The smallest absolute Gasteiger partial charge is 0.310 e. The lowest BCUT2D eigenvalue weighted by atomic mass is 9.93. The van der Waals surface area contributed by atoms with Crippen molar-refractivity contribution in [2.75, 3.05) is 19.7 Å². The Hall–Kier alpha value is -1.29. The molecule has 0 aromatic carbocycles. The summed E-state index contributed by atoms with van der Waals surface area (Å²) in [6.45, 7) is 3.86. The normalized spacial score (nSPS) is 24.6. The molecule has 1 fully saturated rings. The Morgan fingerprint density at radius 1 is 1.62 bits per heavy atom. The summed E-state index contributed by atoms with van der Waals surface area (Å²) in [5.41, 5.74) is 1.20. The molecule has 4 heteroatoms. The van der Waals surface area contributed by atoms with Gasteiger partial charge in [0.1, 0.15) is 0 Å². The van der Waals surface area contributed by atoms with Crippen molar-refractivity contribution in [3.63, 3.8) is 0 Å². The van der Waals surface area contributed by atoms with E-state index in [0.717, 1.165) is 6.54 Å². The highest BCUT2D eigenvalue weighted by Gasteiger charge is 2.36. The minimum Gasteiger partial charge on any atom is -0.466 e. The molecule has 1 aliphatic heterocycles. The molecule has 0 aliphatic carbocycles. The maximum atomic E-state index is 11.8. The first kappa shape index (κ1) is 11.2. The van der Waals surface area contributed by atoms with E-state index >= 15 is 0 Å². The number of aryl methyl sites for hydroxylation is 1. The van der Waals surface area contributed by atoms with Crippen LogP contribution in [0.5, 0.6) is 0 Å². The molecule has 0 saturated carbocycles. The Morgan fingerprint density at radius 3 is 3.06 bits per heavy atom. The van der Waals surface area contributed by atoms with Gasteiger partial charge in [-0.2, -0.15) is 0 Å². The van der Waals surface area contributed by atoms with E-state index in [0.29, 0.717) is 13.2 Å². The van der Waals surface area contributed by atoms with Crippen LogP contribution in [0.25, 0.3) is 0 Å². The van der Waals surface area contributed by atoms with Crippen LogP contribution in [0, 0.1) is 5.92 Å². The fourth-order valence-corrected chi connectivity index (χ4v) is 2.35. The van der Waals surface area contributed by atoms with Gasteiger partial charge >= 0.3 is 5.97 Å². The third kappa shape index (κ3) is 1.97. The van der Waals surface area contributed by atoms with Crippen LogP contribution < -0.4 is 5.32 Å². The summed E-state index contributed by atoms with van der Waals surface area (Å²) in [5.74, 6) is 0.103. The molecule has 1 aliphatic rings. The molecule has 1 aromatic rings. The Labute approximate surface area is 95.6 Å². The minimum atomic E-state index is -0.0845. The zero-order valence-corrected chi connectivity index (χ0v) is 9.77. The number of carbonyl (C=O) groups is 1. The van der Waals surface area contributed by atoms with Gasteiger partial charge in [0.15, 0.2) is 0 Å². The zero-order valence-electron chi connectivity index (χ0n) is 9.77. The molecule has 2 unspecified atom stereocenters. The number of aromatic nitrogens is 1. The molecule has 0 bridgehead atoms. The molecule has 1 saturated heterocycles. The molecular weight excluding hydrogens is 204 g/mol. The maximum absolute atomic E-state index is 11.8. The van der Waals surface area contributed by atoms with E-state index in [1.54, 1.807) is 0 Å². The Bertz CT molecular complexity index is 373. The summed E-state index contributed by atoms with van der Waals surface area (Å²) in [4.78, 5) is 11.8. The van der Waals surface area contributed by atoms with Crippen molar-refractivity contribution < 1.29 is 9.53 Å². The molecule has 4 nitrogen and oxygen atoms in total. The van der Waals surface area contributed by atoms with Gasteiger partial charge in [-0.15, -0.1) is 0 Å². The second kappa shape index (κ2) is 4.70. The first-order chi connectivity index (χ1) is 7.74. The van der Waals surface area contributed by atoms with Crippen LogP contribution in [0.1, 0.15) is 18.5 Å². The quantitative estimate of drug-likeness (QED) is 0.772. The van der Waals surface area contributed by atoms with Crippen LogP contribution >= 0.6 is 0 Å². The van der Waals surface area contributed by atoms with Crippen molar-refractivity contribution in [2.45, 2.75) is 12.8 Å². The van der Waals surface area contributed by atoms with Crippen molar-refractivity contribution in [3.05, 3.63) is 24.0 Å². The van der Waals surface area contributed by atoms with E-state index < -0.39 is 0 Å². The van der Waals surface area contributed by atoms with E-state index in [1.165, 1.54) is 5.69 Å². The van der Waals surface area contributed by atoms with Gasteiger partial charge in [0.05, 0.1) is 12.5 Å². The molecule has 2 atom stereocenters. The molecule has 2 heterocycles. The average molecular weight is 222 g/mol. The van der Waals surface area contributed by atoms with Crippen molar-refractivity contribution >= 4 is 5.97 Å².